The molecule has 0 atom stereocenters. The molecule has 1 aliphatic heterocycles. The zero-order chi connectivity index (χ0) is 11.7. The van der Waals surface area contributed by atoms with E-state index in [0.29, 0.717) is 0 Å². The number of aryl methyl sites for hydroxylation is 1. The standard InChI is InChI=1S/C14H13BrN2/c15-12-10-16-8-7-14(12)17-9-3-5-11-4-1-2-6-13(11)17/h1-2,4,6-8,10H,3,5,9H2. The first kappa shape index (κ1) is 10.8. The van der Waals surface area contributed by atoms with Crippen LogP contribution in [0.25, 0.3) is 0 Å². The maximum absolute atomic E-state index is 4.12. The highest BCUT2D eigenvalue weighted by Gasteiger charge is 2.18. The predicted octanol–water partition coefficient (Wildman–Crippen LogP) is 3.93. The maximum Gasteiger partial charge on any atom is 0.0595 e. The van der Waals surface area contributed by atoms with Gasteiger partial charge in [0.1, 0.15) is 0 Å². The van der Waals surface area contributed by atoms with Crippen molar-refractivity contribution in [2.24, 2.45) is 0 Å². The molecule has 0 amide bonds. The zero-order valence-corrected chi connectivity index (χ0v) is 11.0. The predicted molar refractivity (Wildman–Crippen MR) is 73.7 cm³/mol. The van der Waals surface area contributed by atoms with Crippen LogP contribution in [0.15, 0.2) is 47.2 Å². The third kappa shape index (κ3) is 1.95. The molecule has 86 valence electrons. The number of halogens is 1. The highest BCUT2D eigenvalue weighted by atomic mass is 79.9. The molecule has 1 aliphatic rings. The van der Waals surface area contributed by atoms with E-state index in [-0.39, 0.29) is 0 Å². The number of hydrogen-bond donors (Lipinski definition) is 0. The second kappa shape index (κ2) is 4.49. The summed E-state index contributed by atoms with van der Waals surface area (Å²) in [4.78, 5) is 6.49. The Morgan fingerprint density at radius 3 is 2.88 bits per heavy atom. The topological polar surface area (TPSA) is 16.1 Å². The molecule has 2 nitrogen and oxygen atoms in total. The number of rotatable bonds is 1. The van der Waals surface area contributed by atoms with Crippen molar-refractivity contribution in [3.63, 3.8) is 0 Å². The van der Waals surface area contributed by atoms with Gasteiger partial charge in [0.15, 0.2) is 0 Å². The summed E-state index contributed by atoms with van der Waals surface area (Å²) in [7, 11) is 0. The van der Waals surface area contributed by atoms with Crippen molar-refractivity contribution in [1.29, 1.82) is 0 Å². The SMILES string of the molecule is Brc1cnccc1N1CCCc2ccccc21. The lowest BCUT2D eigenvalue weighted by Crippen LogP contribution is -2.24. The molecule has 1 aromatic heterocycles. The van der Waals surface area contributed by atoms with Crippen LogP contribution in [0.2, 0.25) is 0 Å². The molecule has 0 aliphatic carbocycles. The number of fused-ring (bicyclic) bond motifs is 1. The molecule has 17 heavy (non-hydrogen) atoms. The van der Waals surface area contributed by atoms with E-state index in [0.717, 1.165) is 11.0 Å². The fourth-order valence-electron chi connectivity index (χ4n) is 2.37. The van der Waals surface area contributed by atoms with Gasteiger partial charge >= 0.3 is 0 Å². The van der Waals surface area contributed by atoms with Gasteiger partial charge in [-0.2, -0.15) is 0 Å². The van der Waals surface area contributed by atoms with Crippen molar-refractivity contribution in [3.05, 3.63) is 52.8 Å². The molecule has 0 saturated carbocycles. The van der Waals surface area contributed by atoms with Crippen LogP contribution >= 0.6 is 15.9 Å². The van der Waals surface area contributed by atoms with E-state index in [9.17, 15) is 0 Å². The zero-order valence-electron chi connectivity index (χ0n) is 9.44. The van der Waals surface area contributed by atoms with Crippen molar-refractivity contribution in [2.45, 2.75) is 12.8 Å². The Labute approximate surface area is 109 Å². The van der Waals surface area contributed by atoms with Crippen LogP contribution < -0.4 is 4.90 Å². The van der Waals surface area contributed by atoms with E-state index in [1.54, 1.807) is 0 Å². The summed E-state index contributed by atoms with van der Waals surface area (Å²) in [6.45, 7) is 1.07. The van der Waals surface area contributed by atoms with Crippen LogP contribution in [-0.2, 0) is 6.42 Å². The first-order valence-corrected chi connectivity index (χ1v) is 6.60. The molecule has 0 bridgehead atoms. The van der Waals surface area contributed by atoms with Gasteiger partial charge in [0.25, 0.3) is 0 Å². The monoisotopic (exact) mass is 288 g/mol. The largest absolute Gasteiger partial charge is 0.340 e. The molecule has 1 aromatic carbocycles. The van der Waals surface area contributed by atoms with Crippen molar-refractivity contribution in [3.8, 4) is 0 Å². The Morgan fingerprint density at radius 1 is 1.12 bits per heavy atom. The summed E-state index contributed by atoms with van der Waals surface area (Å²) in [5.41, 5.74) is 3.96. The number of hydrogen-bond acceptors (Lipinski definition) is 2. The highest BCUT2D eigenvalue weighted by molar-refractivity contribution is 9.10. The fraction of sp³-hybridized carbons (Fsp3) is 0.214. The van der Waals surface area contributed by atoms with Crippen LogP contribution in [0, 0.1) is 0 Å². The van der Waals surface area contributed by atoms with Gasteiger partial charge in [-0.3, -0.25) is 4.98 Å². The second-order valence-electron chi connectivity index (χ2n) is 4.21. The van der Waals surface area contributed by atoms with E-state index in [1.807, 2.05) is 12.4 Å². The van der Waals surface area contributed by atoms with Crippen molar-refractivity contribution in [1.82, 2.24) is 4.98 Å². The summed E-state index contributed by atoms with van der Waals surface area (Å²) in [5.74, 6) is 0. The summed E-state index contributed by atoms with van der Waals surface area (Å²) in [6, 6.07) is 10.7. The molecular formula is C14H13BrN2. The van der Waals surface area contributed by atoms with Crippen LogP contribution in [0.5, 0.6) is 0 Å². The van der Waals surface area contributed by atoms with E-state index >= 15 is 0 Å². The van der Waals surface area contributed by atoms with Crippen molar-refractivity contribution >= 4 is 27.3 Å². The average molecular weight is 289 g/mol. The van der Waals surface area contributed by atoms with Crippen LogP contribution in [0.1, 0.15) is 12.0 Å². The molecule has 0 spiro atoms. The quantitative estimate of drug-likeness (QED) is 0.790. The number of pyridine rings is 1. The summed E-state index contributed by atoms with van der Waals surface area (Å²) in [5, 5.41) is 0. The third-order valence-corrected chi connectivity index (χ3v) is 3.76. The Hall–Kier alpha value is -1.35. The van der Waals surface area contributed by atoms with Crippen LogP contribution in [0.4, 0.5) is 11.4 Å². The van der Waals surface area contributed by atoms with E-state index in [1.165, 1.54) is 29.8 Å². The average Bonchev–Trinajstić information content (AvgIpc) is 2.39. The van der Waals surface area contributed by atoms with E-state index in [2.05, 4.69) is 56.1 Å². The van der Waals surface area contributed by atoms with Crippen molar-refractivity contribution < 1.29 is 0 Å². The van der Waals surface area contributed by atoms with Gasteiger partial charge < -0.3 is 4.90 Å². The first-order chi connectivity index (χ1) is 8.36. The summed E-state index contributed by atoms with van der Waals surface area (Å²) >= 11 is 3.58. The fourth-order valence-corrected chi connectivity index (χ4v) is 2.84. The Kier molecular flexibility index (Phi) is 2.85. The summed E-state index contributed by atoms with van der Waals surface area (Å²) < 4.78 is 1.05. The lowest BCUT2D eigenvalue weighted by atomic mass is 10.0. The minimum Gasteiger partial charge on any atom is -0.340 e. The Morgan fingerprint density at radius 2 is 2.00 bits per heavy atom. The number of aromatic nitrogens is 1. The van der Waals surface area contributed by atoms with Gasteiger partial charge in [-0.05, 0) is 46.5 Å². The van der Waals surface area contributed by atoms with Gasteiger partial charge in [-0.25, -0.2) is 0 Å². The van der Waals surface area contributed by atoms with E-state index in [4.69, 9.17) is 0 Å². The molecule has 0 saturated heterocycles. The minimum absolute atomic E-state index is 1.05. The first-order valence-electron chi connectivity index (χ1n) is 5.81. The Bertz CT molecular complexity index is 539. The van der Waals surface area contributed by atoms with Gasteiger partial charge in [0.05, 0.1) is 10.2 Å². The summed E-state index contributed by atoms with van der Waals surface area (Å²) in [6.07, 6.45) is 6.07. The number of nitrogens with zero attached hydrogens (tertiary/aromatic N) is 2. The molecule has 3 heteroatoms. The molecular weight excluding hydrogens is 276 g/mol. The normalized spacial score (nSPS) is 14.5. The molecule has 3 rings (SSSR count). The molecule has 0 radical (unpaired) electrons. The third-order valence-electron chi connectivity index (χ3n) is 3.15. The lowest BCUT2D eigenvalue weighted by molar-refractivity contribution is 0.765. The lowest BCUT2D eigenvalue weighted by Gasteiger charge is -2.31. The molecule has 0 unspecified atom stereocenters. The van der Waals surface area contributed by atoms with Gasteiger partial charge in [0, 0.05) is 24.6 Å². The van der Waals surface area contributed by atoms with Crippen LogP contribution in [-0.4, -0.2) is 11.5 Å². The minimum atomic E-state index is 1.05. The molecule has 0 N–H and O–H groups in total. The van der Waals surface area contributed by atoms with Crippen molar-refractivity contribution in [2.75, 3.05) is 11.4 Å². The van der Waals surface area contributed by atoms with Gasteiger partial charge in [-0.1, -0.05) is 18.2 Å². The van der Waals surface area contributed by atoms with Gasteiger partial charge in [0.2, 0.25) is 0 Å². The molecule has 2 heterocycles. The van der Waals surface area contributed by atoms with E-state index < -0.39 is 0 Å². The Balaban J connectivity index is 2.09. The maximum atomic E-state index is 4.12. The number of para-hydroxylation sites is 1. The smallest absolute Gasteiger partial charge is 0.0595 e. The molecule has 0 fully saturated rings. The van der Waals surface area contributed by atoms with Gasteiger partial charge in [-0.15, -0.1) is 0 Å². The van der Waals surface area contributed by atoms with Crippen LogP contribution in [0.3, 0.4) is 0 Å². The second-order valence-corrected chi connectivity index (χ2v) is 5.07. The number of anilines is 2. The number of benzene rings is 1. The molecule has 2 aromatic rings. The highest BCUT2D eigenvalue weighted by Crippen LogP contribution is 2.36.